The lowest BCUT2D eigenvalue weighted by Gasteiger charge is -2.23. The minimum atomic E-state index is -4.22. The van der Waals surface area contributed by atoms with Crippen molar-refractivity contribution in [2.45, 2.75) is 55.3 Å². The van der Waals surface area contributed by atoms with Crippen molar-refractivity contribution in [1.29, 1.82) is 0 Å². The summed E-state index contributed by atoms with van der Waals surface area (Å²) in [6.07, 6.45) is 0. The van der Waals surface area contributed by atoms with Crippen LogP contribution in [0.2, 0.25) is 0 Å². The molecule has 0 unspecified atom stereocenters. The fourth-order valence-electron chi connectivity index (χ4n) is 1.49. The molecule has 1 rings (SSSR count). The molecule has 0 amide bonds. The Labute approximate surface area is 124 Å². The van der Waals surface area contributed by atoms with Crippen LogP contribution in [-0.4, -0.2) is 21.0 Å². The largest absolute Gasteiger partial charge is 0.327 e. The number of imidazole rings is 1. The Hall–Kier alpha value is -0.150. The van der Waals surface area contributed by atoms with Gasteiger partial charge in [0.2, 0.25) is 0 Å². The first-order chi connectivity index (χ1) is 8.40. The zero-order valence-electron chi connectivity index (χ0n) is 10.5. The van der Waals surface area contributed by atoms with Crippen LogP contribution in [0.25, 0.3) is 0 Å². The lowest BCUT2D eigenvalue weighted by atomic mass is 10.2. The van der Waals surface area contributed by atoms with Crippen LogP contribution in [0, 0.1) is 4.77 Å². The molecule has 0 saturated carbocycles. The Morgan fingerprint density at radius 2 is 1.63 bits per heavy atom. The fraction of sp³-hybridized carbons (Fsp3) is 0.700. The minimum Gasteiger partial charge on any atom is -0.309 e. The second-order valence-electron chi connectivity index (χ2n) is 4.57. The smallest absolute Gasteiger partial charge is 0.309 e. The summed E-state index contributed by atoms with van der Waals surface area (Å²) in [6.45, 7) is 2.50. The number of thiol groups is 2. The highest BCUT2D eigenvalue weighted by atomic mass is 32.1. The van der Waals surface area contributed by atoms with E-state index in [1.165, 1.54) is 4.57 Å². The predicted octanol–water partition coefficient (Wildman–Crippen LogP) is 4.47. The van der Waals surface area contributed by atoms with E-state index in [1.54, 1.807) is 13.8 Å². The van der Waals surface area contributed by atoms with Crippen molar-refractivity contribution in [3.63, 3.8) is 0 Å². The summed E-state index contributed by atoms with van der Waals surface area (Å²) in [7, 11) is 0. The van der Waals surface area contributed by atoms with Gasteiger partial charge in [-0.2, -0.15) is 8.78 Å². The number of halogens is 4. The Balaban J connectivity index is 3.32. The third kappa shape index (κ3) is 3.13. The van der Waals surface area contributed by atoms with Gasteiger partial charge in [-0.1, -0.05) is 0 Å². The van der Waals surface area contributed by atoms with Gasteiger partial charge < -0.3 is 9.13 Å². The van der Waals surface area contributed by atoms with E-state index in [0.717, 1.165) is 4.57 Å². The molecule has 0 bridgehead atoms. The van der Waals surface area contributed by atoms with Gasteiger partial charge in [-0.05, 0) is 26.1 Å². The second-order valence-corrected chi connectivity index (χ2v) is 5.78. The first kappa shape index (κ1) is 16.9. The Morgan fingerprint density at radius 1 is 1.16 bits per heavy atom. The van der Waals surface area contributed by atoms with Crippen LogP contribution in [-0.2, 0) is 6.54 Å². The summed E-state index contributed by atoms with van der Waals surface area (Å²) in [6, 6.07) is -0.136. The average Bonchev–Trinajstić information content (AvgIpc) is 2.40. The topological polar surface area (TPSA) is 9.86 Å². The van der Waals surface area contributed by atoms with Gasteiger partial charge in [0.15, 0.2) is 4.77 Å². The molecule has 1 heterocycles. The third-order valence-electron chi connectivity index (χ3n) is 2.64. The third-order valence-corrected chi connectivity index (χ3v) is 4.11. The Bertz CT molecular complexity index is 528. The van der Waals surface area contributed by atoms with Crippen LogP contribution in [0.1, 0.15) is 26.8 Å². The molecule has 2 nitrogen and oxygen atoms in total. The van der Waals surface area contributed by atoms with Gasteiger partial charge in [0.25, 0.3) is 0 Å². The number of hydrogen-bond donors (Lipinski definition) is 2. The van der Waals surface area contributed by atoms with E-state index in [1.807, 2.05) is 0 Å². The van der Waals surface area contributed by atoms with Crippen LogP contribution in [0.15, 0.2) is 10.1 Å². The van der Waals surface area contributed by atoms with E-state index < -0.39 is 18.4 Å². The molecule has 0 N–H and O–H groups in total. The van der Waals surface area contributed by atoms with E-state index in [-0.39, 0.29) is 27.8 Å². The van der Waals surface area contributed by atoms with E-state index in [2.05, 4.69) is 25.3 Å². The molecular formula is C10H14F4N2S3. The molecule has 0 radical (unpaired) electrons. The monoisotopic (exact) mass is 334 g/mol. The van der Waals surface area contributed by atoms with Crippen molar-refractivity contribution < 1.29 is 17.6 Å². The zero-order chi connectivity index (χ0) is 15.2. The first-order valence-corrected chi connectivity index (χ1v) is 6.69. The highest BCUT2D eigenvalue weighted by Crippen LogP contribution is 2.37. The van der Waals surface area contributed by atoms with Gasteiger partial charge in [-0.25, -0.2) is 8.78 Å². The van der Waals surface area contributed by atoms with Crippen molar-refractivity contribution in [2.75, 3.05) is 0 Å². The molecule has 19 heavy (non-hydrogen) atoms. The number of rotatable bonds is 4. The van der Waals surface area contributed by atoms with Crippen LogP contribution in [0.5, 0.6) is 0 Å². The van der Waals surface area contributed by atoms with Gasteiger partial charge in [0.05, 0.1) is 6.54 Å². The highest BCUT2D eigenvalue weighted by molar-refractivity contribution is 7.83. The van der Waals surface area contributed by atoms with Crippen LogP contribution in [0.3, 0.4) is 0 Å². The maximum atomic E-state index is 13.4. The van der Waals surface area contributed by atoms with E-state index in [4.69, 9.17) is 12.2 Å². The van der Waals surface area contributed by atoms with Gasteiger partial charge in [0, 0.05) is 13.0 Å². The van der Waals surface area contributed by atoms with Crippen molar-refractivity contribution in [1.82, 2.24) is 9.13 Å². The fourth-order valence-corrected chi connectivity index (χ4v) is 2.80. The molecule has 0 saturated heterocycles. The lowest BCUT2D eigenvalue weighted by molar-refractivity contribution is -0.205. The van der Waals surface area contributed by atoms with Gasteiger partial charge in [-0.3, -0.25) is 0 Å². The SMILES string of the molecule is CC(C)n1c(S)c(S)n(CC(F)(F)C(C)(F)F)c1=S. The second kappa shape index (κ2) is 5.33. The zero-order valence-corrected chi connectivity index (χ0v) is 13.1. The van der Waals surface area contributed by atoms with E-state index in [9.17, 15) is 17.6 Å². The molecule has 9 heteroatoms. The number of nitrogens with zero attached hydrogens (tertiary/aromatic N) is 2. The number of aromatic nitrogens is 2. The molecule has 0 aliphatic rings. The first-order valence-electron chi connectivity index (χ1n) is 5.38. The standard InChI is InChI=1S/C10H14F4N2S3/c1-5(2)16-7(18)6(17)15(8(16)19)4-10(13,14)9(3,11)12/h5,17-18H,4H2,1-3H3. The number of hydrogen-bond acceptors (Lipinski definition) is 3. The summed E-state index contributed by atoms with van der Waals surface area (Å²) in [5.41, 5.74) is 0. The minimum absolute atomic E-state index is 0.00562. The molecule has 0 aliphatic heterocycles. The van der Waals surface area contributed by atoms with Gasteiger partial charge in [-0.15, -0.1) is 25.3 Å². The number of alkyl halides is 4. The van der Waals surface area contributed by atoms with Crippen molar-refractivity contribution in [2.24, 2.45) is 0 Å². The lowest BCUT2D eigenvalue weighted by Crippen LogP contribution is -2.41. The summed E-state index contributed by atoms with van der Waals surface area (Å²) in [5, 5.41) is 0.324. The molecule has 110 valence electrons. The average molecular weight is 334 g/mol. The van der Waals surface area contributed by atoms with Crippen molar-refractivity contribution in [3.8, 4) is 0 Å². The Kier molecular flexibility index (Phi) is 4.74. The molecule has 0 spiro atoms. The summed E-state index contributed by atoms with van der Waals surface area (Å²) < 4.78 is 54.9. The molecular weight excluding hydrogens is 320 g/mol. The summed E-state index contributed by atoms with van der Waals surface area (Å²) in [4.78, 5) is 0. The van der Waals surface area contributed by atoms with Gasteiger partial charge in [0.1, 0.15) is 10.1 Å². The molecule has 0 aromatic carbocycles. The highest BCUT2D eigenvalue weighted by Gasteiger charge is 2.52. The van der Waals surface area contributed by atoms with Crippen LogP contribution in [0.4, 0.5) is 17.6 Å². The molecule has 0 atom stereocenters. The molecule has 0 fully saturated rings. The predicted molar refractivity (Wildman–Crippen MR) is 73.7 cm³/mol. The van der Waals surface area contributed by atoms with Crippen LogP contribution < -0.4 is 0 Å². The Morgan fingerprint density at radius 3 is 1.95 bits per heavy atom. The van der Waals surface area contributed by atoms with Gasteiger partial charge >= 0.3 is 11.8 Å². The quantitative estimate of drug-likeness (QED) is 0.470. The summed E-state index contributed by atoms with van der Waals surface area (Å²) in [5.74, 6) is -8.36. The molecule has 0 aliphatic carbocycles. The van der Waals surface area contributed by atoms with Crippen molar-refractivity contribution >= 4 is 37.5 Å². The molecule has 1 aromatic rings. The van der Waals surface area contributed by atoms with Crippen LogP contribution >= 0.6 is 37.5 Å². The van der Waals surface area contributed by atoms with E-state index >= 15 is 0 Å². The van der Waals surface area contributed by atoms with E-state index in [0.29, 0.717) is 0 Å². The summed E-state index contributed by atoms with van der Waals surface area (Å²) >= 11 is 13.2. The maximum Gasteiger partial charge on any atom is 0.327 e. The molecule has 1 aromatic heterocycles. The normalized spacial score (nSPS) is 13.4. The van der Waals surface area contributed by atoms with Crippen molar-refractivity contribution in [3.05, 3.63) is 4.77 Å². The maximum absolute atomic E-state index is 13.4.